The molecule has 0 fully saturated rings. The van der Waals surface area contributed by atoms with Gasteiger partial charge in [0, 0.05) is 34.7 Å². The van der Waals surface area contributed by atoms with Crippen molar-refractivity contribution in [2.24, 2.45) is 0 Å². The number of non-ortho nitro benzene ring substituents is 1. The third kappa shape index (κ3) is 3.61. The highest BCUT2D eigenvalue weighted by atomic mass is 32.2. The molecule has 3 aromatic rings. The second-order valence-corrected chi connectivity index (χ2v) is 7.20. The van der Waals surface area contributed by atoms with Crippen molar-refractivity contribution < 1.29 is 9.66 Å². The van der Waals surface area contributed by atoms with E-state index >= 15 is 0 Å². The Hall–Kier alpha value is -3.20. The molecule has 1 aliphatic heterocycles. The fourth-order valence-electron chi connectivity index (χ4n) is 2.85. The number of anilines is 1. The van der Waals surface area contributed by atoms with E-state index in [0.717, 1.165) is 23.4 Å². The number of nitro benzene ring substituents is 1. The molecule has 142 valence electrons. The number of nitro groups is 1. The number of aromatic nitrogens is 3. The molecule has 0 unspecified atom stereocenters. The Morgan fingerprint density at radius 2 is 2.07 bits per heavy atom. The van der Waals surface area contributed by atoms with Crippen LogP contribution in [-0.4, -0.2) is 25.9 Å². The van der Waals surface area contributed by atoms with E-state index in [9.17, 15) is 10.1 Å². The van der Waals surface area contributed by atoms with Crippen LogP contribution in [0.25, 0.3) is 11.3 Å². The van der Waals surface area contributed by atoms with Crippen molar-refractivity contribution in [1.82, 2.24) is 15.2 Å². The van der Waals surface area contributed by atoms with Crippen molar-refractivity contribution in [3.8, 4) is 17.1 Å². The second kappa shape index (κ2) is 7.81. The summed E-state index contributed by atoms with van der Waals surface area (Å²) in [7, 11) is 0. The molecule has 8 nitrogen and oxygen atoms in total. The van der Waals surface area contributed by atoms with Gasteiger partial charge in [0.1, 0.15) is 0 Å². The van der Waals surface area contributed by atoms with Crippen molar-refractivity contribution in [2.75, 3.05) is 11.1 Å². The van der Waals surface area contributed by atoms with Gasteiger partial charge in [-0.2, -0.15) is 4.98 Å². The molecular formula is C19H17N5O3S. The molecule has 1 aliphatic rings. The third-order valence-corrected chi connectivity index (χ3v) is 5.20. The first-order valence-corrected chi connectivity index (χ1v) is 9.78. The number of benzene rings is 2. The minimum atomic E-state index is -0.650. The Labute approximate surface area is 165 Å². The van der Waals surface area contributed by atoms with Crippen LogP contribution in [-0.2, 0) is 0 Å². The van der Waals surface area contributed by atoms with E-state index < -0.39 is 11.2 Å². The van der Waals surface area contributed by atoms with Gasteiger partial charge >= 0.3 is 0 Å². The first-order valence-electron chi connectivity index (χ1n) is 8.80. The van der Waals surface area contributed by atoms with Crippen molar-refractivity contribution in [2.45, 2.75) is 24.7 Å². The Kier molecular flexibility index (Phi) is 5.07. The predicted octanol–water partition coefficient (Wildman–Crippen LogP) is 4.45. The number of hydrogen-bond acceptors (Lipinski definition) is 8. The first kappa shape index (κ1) is 18.2. The summed E-state index contributed by atoms with van der Waals surface area (Å²) >= 11 is 1.51. The number of nitrogens with one attached hydrogen (secondary N) is 1. The van der Waals surface area contributed by atoms with Gasteiger partial charge in [0.05, 0.1) is 4.92 Å². The molecule has 0 saturated carbocycles. The summed E-state index contributed by atoms with van der Waals surface area (Å²) in [5, 5.41) is 23.5. The maximum Gasteiger partial charge on any atom is 0.269 e. The maximum absolute atomic E-state index is 11.2. The molecule has 4 rings (SSSR count). The Morgan fingerprint density at radius 3 is 2.89 bits per heavy atom. The number of hydrogen-bond donors (Lipinski definition) is 1. The summed E-state index contributed by atoms with van der Waals surface area (Å²) in [5.74, 6) is 1.23. The molecule has 0 radical (unpaired) electrons. The van der Waals surface area contributed by atoms with Gasteiger partial charge in [-0.3, -0.25) is 10.1 Å². The summed E-state index contributed by atoms with van der Waals surface area (Å²) in [6.45, 7) is 2.08. The molecule has 0 saturated heterocycles. The molecule has 0 spiro atoms. The Bertz CT molecular complexity index is 1030. The zero-order valence-electron chi connectivity index (χ0n) is 15.0. The highest BCUT2D eigenvalue weighted by Gasteiger charge is 2.26. The number of para-hydroxylation sites is 1. The van der Waals surface area contributed by atoms with Crippen LogP contribution in [0.15, 0.2) is 53.7 Å². The van der Waals surface area contributed by atoms with E-state index in [4.69, 9.17) is 4.74 Å². The van der Waals surface area contributed by atoms with Gasteiger partial charge in [-0.05, 0) is 12.5 Å². The largest absolute Gasteiger partial charge is 0.448 e. The van der Waals surface area contributed by atoms with Crippen LogP contribution in [0.2, 0.25) is 0 Å². The normalized spacial score (nSPS) is 14.8. The topological polar surface area (TPSA) is 103 Å². The van der Waals surface area contributed by atoms with Crippen LogP contribution in [0, 0.1) is 10.1 Å². The van der Waals surface area contributed by atoms with Crippen LogP contribution in [0.5, 0.6) is 5.88 Å². The van der Waals surface area contributed by atoms with Gasteiger partial charge in [0.2, 0.25) is 11.0 Å². The Morgan fingerprint density at radius 1 is 1.21 bits per heavy atom. The standard InChI is InChI=1S/C19H17N5O3S/c1-2-10-28-19-21-18-16(22-23-19)14-8-3-4-9-15(14)20-17(27-18)12-6-5-7-13(11-12)24(25)26/h3-9,11,17,20H,2,10H2,1H3/t17-/m1/s1. The summed E-state index contributed by atoms with van der Waals surface area (Å²) in [6, 6.07) is 14.0. The molecule has 1 aromatic heterocycles. The number of rotatable bonds is 5. The SMILES string of the molecule is CCCSc1nnc2c(n1)O[C@H](c1cccc([N+](=O)[O-])c1)Nc1ccccc1-2. The highest BCUT2D eigenvalue weighted by Crippen LogP contribution is 2.39. The van der Waals surface area contributed by atoms with Crippen molar-refractivity contribution in [3.05, 3.63) is 64.2 Å². The van der Waals surface area contributed by atoms with Gasteiger partial charge in [0.25, 0.3) is 5.69 Å². The summed E-state index contributed by atoms with van der Waals surface area (Å²) in [6.07, 6.45) is 0.343. The molecule has 0 aliphatic carbocycles. The number of ether oxygens (including phenoxy) is 1. The maximum atomic E-state index is 11.2. The van der Waals surface area contributed by atoms with Crippen LogP contribution in [0.1, 0.15) is 25.1 Å². The van der Waals surface area contributed by atoms with E-state index in [2.05, 4.69) is 27.4 Å². The minimum absolute atomic E-state index is 0.000610. The summed E-state index contributed by atoms with van der Waals surface area (Å²) in [4.78, 5) is 15.3. The van der Waals surface area contributed by atoms with Gasteiger partial charge in [0.15, 0.2) is 11.9 Å². The van der Waals surface area contributed by atoms with Crippen molar-refractivity contribution in [3.63, 3.8) is 0 Å². The fourth-order valence-corrected chi connectivity index (χ4v) is 3.49. The number of nitrogens with zero attached hydrogens (tertiary/aromatic N) is 4. The summed E-state index contributed by atoms with van der Waals surface area (Å²) < 4.78 is 6.12. The van der Waals surface area contributed by atoms with E-state index in [1.807, 2.05) is 24.3 Å². The zero-order chi connectivity index (χ0) is 19.5. The molecule has 2 aromatic carbocycles. The highest BCUT2D eigenvalue weighted by molar-refractivity contribution is 7.99. The van der Waals surface area contributed by atoms with Crippen molar-refractivity contribution >= 4 is 23.1 Å². The predicted molar refractivity (Wildman–Crippen MR) is 106 cm³/mol. The quantitative estimate of drug-likeness (QED) is 0.384. The molecule has 0 amide bonds. The first-order chi connectivity index (χ1) is 13.7. The smallest absolute Gasteiger partial charge is 0.269 e. The zero-order valence-corrected chi connectivity index (χ0v) is 15.8. The van der Waals surface area contributed by atoms with E-state index in [0.29, 0.717) is 22.3 Å². The molecule has 2 heterocycles. The molecule has 1 N–H and O–H groups in total. The molecule has 0 bridgehead atoms. The minimum Gasteiger partial charge on any atom is -0.448 e. The van der Waals surface area contributed by atoms with Crippen LogP contribution in [0.3, 0.4) is 0 Å². The number of thioether (sulfide) groups is 1. The average Bonchev–Trinajstić information content (AvgIpc) is 2.88. The molecule has 1 atom stereocenters. The lowest BCUT2D eigenvalue weighted by Gasteiger charge is -2.19. The lowest BCUT2D eigenvalue weighted by Crippen LogP contribution is -2.17. The fraction of sp³-hybridized carbons (Fsp3) is 0.211. The monoisotopic (exact) mass is 395 g/mol. The van der Waals surface area contributed by atoms with Gasteiger partial charge < -0.3 is 10.1 Å². The van der Waals surface area contributed by atoms with E-state index in [1.165, 1.54) is 23.9 Å². The lowest BCUT2D eigenvalue weighted by atomic mass is 10.1. The third-order valence-electron chi connectivity index (χ3n) is 4.15. The number of fused-ring (bicyclic) bond motifs is 3. The van der Waals surface area contributed by atoms with Crippen LogP contribution < -0.4 is 10.1 Å². The lowest BCUT2D eigenvalue weighted by molar-refractivity contribution is -0.385. The summed E-state index contributed by atoms with van der Waals surface area (Å²) in [5.41, 5.74) is 2.77. The van der Waals surface area contributed by atoms with Crippen LogP contribution >= 0.6 is 11.8 Å². The van der Waals surface area contributed by atoms with Gasteiger partial charge in [-0.15, -0.1) is 10.2 Å². The van der Waals surface area contributed by atoms with Gasteiger partial charge in [-0.1, -0.05) is 49.0 Å². The molecule has 9 heteroatoms. The molecule has 28 heavy (non-hydrogen) atoms. The van der Waals surface area contributed by atoms with E-state index in [1.54, 1.807) is 12.1 Å². The van der Waals surface area contributed by atoms with Crippen LogP contribution in [0.4, 0.5) is 11.4 Å². The average molecular weight is 395 g/mol. The van der Waals surface area contributed by atoms with Crippen molar-refractivity contribution in [1.29, 1.82) is 0 Å². The van der Waals surface area contributed by atoms with E-state index in [-0.39, 0.29) is 5.69 Å². The van der Waals surface area contributed by atoms with Gasteiger partial charge in [-0.25, -0.2) is 0 Å². The Balaban J connectivity index is 1.78. The second-order valence-electron chi connectivity index (χ2n) is 6.14. The molecular weight excluding hydrogens is 378 g/mol.